The second kappa shape index (κ2) is 6.19. The van der Waals surface area contributed by atoms with Gasteiger partial charge in [0.15, 0.2) is 0 Å². The minimum Gasteiger partial charge on any atom is -0.507 e. The van der Waals surface area contributed by atoms with Gasteiger partial charge in [0.05, 0.1) is 4.47 Å². The van der Waals surface area contributed by atoms with Gasteiger partial charge >= 0.3 is 0 Å². The molecule has 0 radical (unpaired) electrons. The maximum Gasteiger partial charge on any atom is 0.129 e. The van der Waals surface area contributed by atoms with Crippen molar-refractivity contribution < 1.29 is 5.11 Å². The molecule has 0 fully saturated rings. The molecule has 0 spiro atoms. The quantitative estimate of drug-likeness (QED) is 0.828. The molecule has 0 saturated carbocycles. The molecule has 4 heteroatoms. The largest absolute Gasteiger partial charge is 0.507 e. The van der Waals surface area contributed by atoms with Gasteiger partial charge in [-0.3, -0.25) is 0 Å². The van der Waals surface area contributed by atoms with Crippen LogP contribution in [0.25, 0.3) is 0 Å². The summed E-state index contributed by atoms with van der Waals surface area (Å²) in [6, 6.07) is 9.81. The van der Waals surface area contributed by atoms with E-state index in [1.807, 2.05) is 12.1 Å². The second-order valence-corrected chi connectivity index (χ2v) is 5.68. The summed E-state index contributed by atoms with van der Waals surface area (Å²) in [5, 5.41) is 14.9. The Morgan fingerprint density at radius 3 is 2.88 bits per heavy atom. The van der Waals surface area contributed by atoms with Crippen molar-refractivity contribution in [1.29, 1.82) is 0 Å². The van der Waals surface area contributed by atoms with Gasteiger partial charge in [-0.25, -0.2) is 0 Å². The maximum atomic E-state index is 9.37. The molecule has 2 rings (SSSR count). The Morgan fingerprint density at radius 2 is 2.18 bits per heavy atom. The maximum absolute atomic E-state index is 9.37. The standard InChI is InChI=1S/C13H14BrNOS/c14-12-8-10(3-4-13(12)16)9-15-6-5-11-2-1-7-17-11/h1-4,7-8,15-16H,5-6,9H2. The van der Waals surface area contributed by atoms with E-state index in [1.54, 1.807) is 17.4 Å². The van der Waals surface area contributed by atoms with Gasteiger partial charge in [-0.15, -0.1) is 11.3 Å². The van der Waals surface area contributed by atoms with E-state index < -0.39 is 0 Å². The van der Waals surface area contributed by atoms with Crippen molar-refractivity contribution in [3.05, 3.63) is 50.6 Å². The lowest BCUT2D eigenvalue weighted by Gasteiger charge is -2.05. The fraction of sp³-hybridized carbons (Fsp3) is 0.231. The van der Waals surface area contributed by atoms with Crippen molar-refractivity contribution in [1.82, 2.24) is 5.32 Å². The number of hydrogen-bond acceptors (Lipinski definition) is 3. The average molecular weight is 312 g/mol. The summed E-state index contributed by atoms with van der Waals surface area (Å²) in [4.78, 5) is 1.41. The van der Waals surface area contributed by atoms with Crippen LogP contribution in [0.5, 0.6) is 5.75 Å². The molecule has 1 heterocycles. The van der Waals surface area contributed by atoms with Crippen LogP contribution in [0.1, 0.15) is 10.4 Å². The van der Waals surface area contributed by atoms with Crippen LogP contribution < -0.4 is 5.32 Å². The van der Waals surface area contributed by atoms with E-state index in [1.165, 1.54) is 10.4 Å². The third-order valence-corrected chi connectivity index (χ3v) is 4.04. The molecule has 0 amide bonds. The molecule has 17 heavy (non-hydrogen) atoms. The lowest BCUT2D eigenvalue weighted by Crippen LogP contribution is -2.16. The molecule has 0 aliphatic heterocycles. The minimum atomic E-state index is 0.285. The molecule has 90 valence electrons. The van der Waals surface area contributed by atoms with Gasteiger partial charge in [-0.05, 0) is 51.5 Å². The molecule has 1 aromatic heterocycles. The third kappa shape index (κ3) is 3.84. The summed E-state index contributed by atoms with van der Waals surface area (Å²) < 4.78 is 0.745. The highest BCUT2D eigenvalue weighted by Gasteiger charge is 1.99. The Balaban J connectivity index is 1.76. The summed E-state index contributed by atoms with van der Waals surface area (Å²) in [7, 11) is 0. The molecule has 2 nitrogen and oxygen atoms in total. The zero-order chi connectivity index (χ0) is 12.1. The van der Waals surface area contributed by atoms with Gasteiger partial charge in [0.2, 0.25) is 0 Å². The number of rotatable bonds is 5. The molecular formula is C13H14BrNOS. The molecule has 0 aliphatic carbocycles. The predicted octanol–water partition coefficient (Wildman–Crippen LogP) is 3.55. The number of aromatic hydroxyl groups is 1. The van der Waals surface area contributed by atoms with Gasteiger partial charge in [0.25, 0.3) is 0 Å². The van der Waals surface area contributed by atoms with E-state index in [-0.39, 0.29) is 5.75 Å². The summed E-state index contributed by atoms with van der Waals surface area (Å²) in [5.74, 6) is 0.285. The fourth-order valence-electron chi connectivity index (χ4n) is 1.56. The SMILES string of the molecule is Oc1ccc(CNCCc2cccs2)cc1Br. The van der Waals surface area contributed by atoms with Crippen LogP contribution in [0.15, 0.2) is 40.2 Å². The van der Waals surface area contributed by atoms with E-state index in [0.29, 0.717) is 0 Å². The van der Waals surface area contributed by atoms with E-state index in [4.69, 9.17) is 0 Å². The van der Waals surface area contributed by atoms with Crippen molar-refractivity contribution in [3.63, 3.8) is 0 Å². The number of thiophene rings is 1. The number of benzene rings is 1. The zero-order valence-electron chi connectivity index (χ0n) is 9.32. The van der Waals surface area contributed by atoms with Crippen LogP contribution >= 0.6 is 27.3 Å². The highest BCUT2D eigenvalue weighted by atomic mass is 79.9. The van der Waals surface area contributed by atoms with Crippen LogP contribution in [0.3, 0.4) is 0 Å². The van der Waals surface area contributed by atoms with Crippen molar-refractivity contribution in [3.8, 4) is 5.75 Å². The van der Waals surface area contributed by atoms with E-state index in [9.17, 15) is 5.11 Å². The number of nitrogens with one attached hydrogen (secondary N) is 1. The summed E-state index contributed by atoms with van der Waals surface area (Å²) in [5.41, 5.74) is 1.17. The number of phenols is 1. The molecule has 0 saturated heterocycles. The highest BCUT2D eigenvalue weighted by molar-refractivity contribution is 9.10. The van der Waals surface area contributed by atoms with Crippen LogP contribution in [0, 0.1) is 0 Å². The van der Waals surface area contributed by atoms with Gasteiger partial charge in [0, 0.05) is 18.0 Å². The van der Waals surface area contributed by atoms with Crippen LogP contribution in [0.4, 0.5) is 0 Å². The Labute approximate surface area is 113 Å². The smallest absolute Gasteiger partial charge is 0.129 e. The first-order valence-electron chi connectivity index (χ1n) is 5.46. The van der Waals surface area contributed by atoms with E-state index in [2.05, 4.69) is 38.8 Å². The Morgan fingerprint density at radius 1 is 1.29 bits per heavy atom. The first kappa shape index (κ1) is 12.6. The molecule has 1 aromatic carbocycles. The van der Waals surface area contributed by atoms with E-state index >= 15 is 0 Å². The summed E-state index contributed by atoms with van der Waals surface area (Å²) >= 11 is 5.10. The molecule has 0 atom stereocenters. The lowest BCUT2D eigenvalue weighted by molar-refractivity contribution is 0.471. The lowest BCUT2D eigenvalue weighted by atomic mass is 10.2. The molecule has 2 N–H and O–H groups in total. The normalized spacial score (nSPS) is 10.6. The molecule has 2 aromatic rings. The van der Waals surface area contributed by atoms with Crippen molar-refractivity contribution in [2.24, 2.45) is 0 Å². The average Bonchev–Trinajstić information content (AvgIpc) is 2.82. The summed E-state index contributed by atoms with van der Waals surface area (Å²) in [6.45, 7) is 1.79. The van der Waals surface area contributed by atoms with Crippen LogP contribution in [0.2, 0.25) is 0 Å². The van der Waals surface area contributed by atoms with Crippen molar-refractivity contribution in [2.45, 2.75) is 13.0 Å². The topological polar surface area (TPSA) is 32.3 Å². The Hall–Kier alpha value is -0.840. The number of hydrogen-bond donors (Lipinski definition) is 2. The van der Waals surface area contributed by atoms with E-state index in [0.717, 1.165) is 24.0 Å². The fourth-order valence-corrected chi connectivity index (χ4v) is 2.69. The van der Waals surface area contributed by atoms with Crippen molar-refractivity contribution >= 4 is 27.3 Å². The minimum absolute atomic E-state index is 0.285. The molecule has 0 bridgehead atoms. The van der Waals surface area contributed by atoms with Gasteiger partial charge in [0.1, 0.15) is 5.75 Å². The first-order valence-corrected chi connectivity index (χ1v) is 7.13. The summed E-state index contributed by atoms with van der Waals surface area (Å²) in [6.07, 6.45) is 1.07. The first-order chi connectivity index (χ1) is 8.25. The zero-order valence-corrected chi connectivity index (χ0v) is 11.7. The number of phenolic OH excluding ortho intramolecular Hbond substituents is 1. The monoisotopic (exact) mass is 311 g/mol. The van der Waals surface area contributed by atoms with Crippen LogP contribution in [-0.2, 0) is 13.0 Å². The van der Waals surface area contributed by atoms with Gasteiger partial charge < -0.3 is 10.4 Å². The predicted molar refractivity (Wildman–Crippen MR) is 75.5 cm³/mol. The molecular weight excluding hydrogens is 298 g/mol. The Kier molecular flexibility index (Phi) is 4.59. The molecule has 0 unspecified atom stereocenters. The van der Waals surface area contributed by atoms with Gasteiger partial charge in [-0.2, -0.15) is 0 Å². The number of halogens is 1. The highest BCUT2D eigenvalue weighted by Crippen LogP contribution is 2.24. The molecule has 0 aliphatic rings. The second-order valence-electron chi connectivity index (χ2n) is 3.79. The van der Waals surface area contributed by atoms with Crippen LogP contribution in [-0.4, -0.2) is 11.7 Å². The van der Waals surface area contributed by atoms with Gasteiger partial charge in [-0.1, -0.05) is 12.1 Å². The van der Waals surface area contributed by atoms with Crippen molar-refractivity contribution in [2.75, 3.05) is 6.54 Å². The Bertz CT molecular complexity index is 470. The third-order valence-electron chi connectivity index (χ3n) is 2.47.